The number of nitriles is 1. The maximum Gasteiger partial charge on any atom is 0.432 e. The van der Waals surface area contributed by atoms with Crippen LogP contribution >= 0.6 is 12.2 Å². The first kappa shape index (κ1) is 12.4. The molecule has 1 aromatic carbocycles. The summed E-state index contributed by atoms with van der Waals surface area (Å²) in [5.41, 5.74) is -0.193. The van der Waals surface area contributed by atoms with E-state index < -0.39 is 11.9 Å². The lowest BCUT2D eigenvalue weighted by molar-refractivity contribution is -0.141. The molecule has 0 aliphatic rings. The topological polar surface area (TPSA) is 44.5 Å². The molecule has 1 heterocycles. The summed E-state index contributed by atoms with van der Waals surface area (Å²) < 4.78 is 38.6. The molecule has 0 aliphatic heterocycles. The number of H-pyrrole nitrogens is 1. The van der Waals surface area contributed by atoms with Crippen LogP contribution in [0.15, 0.2) is 30.3 Å². The summed E-state index contributed by atoms with van der Waals surface area (Å²) >= 11 is 4.85. The molecule has 18 heavy (non-hydrogen) atoms. The number of alkyl halides is 3. The molecule has 0 bridgehead atoms. The number of hydrogen-bond donors (Lipinski definition) is 1. The van der Waals surface area contributed by atoms with Crippen LogP contribution in [0.4, 0.5) is 13.2 Å². The number of benzene rings is 1. The molecule has 92 valence electrons. The highest BCUT2D eigenvalue weighted by Gasteiger charge is 2.33. The third-order valence-electron chi connectivity index (χ3n) is 2.26. The third kappa shape index (κ3) is 2.28. The van der Waals surface area contributed by atoms with Crippen LogP contribution in [0.3, 0.4) is 0 Å². The van der Waals surface area contributed by atoms with Gasteiger partial charge in [-0.3, -0.25) is 5.10 Å². The quantitative estimate of drug-likeness (QED) is 0.806. The average molecular weight is 269 g/mol. The number of nitrogens with one attached hydrogen (secondary N) is 1. The van der Waals surface area contributed by atoms with Crippen LogP contribution in [-0.2, 0) is 6.18 Å². The van der Waals surface area contributed by atoms with Gasteiger partial charge in [0.1, 0.15) is 10.3 Å². The SMILES string of the molecule is N#Cc1cccc(-n2[nH]c(C(F)(F)F)cc2=S)c1. The Hall–Kier alpha value is -2.07. The van der Waals surface area contributed by atoms with Crippen molar-refractivity contribution in [2.75, 3.05) is 0 Å². The van der Waals surface area contributed by atoms with E-state index in [0.29, 0.717) is 11.3 Å². The van der Waals surface area contributed by atoms with Crippen LogP contribution in [0.25, 0.3) is 5.69 Å². The summed E-state index contributed by atoms with van der Waals surface area (Å²) in [5.74, 6) is 0. The van der Waals surface area contributed by atoms with E-state index >= 15 is 0 Å². The van der Waals surface area contributed by atoms with Gasteiger partial charge in [0.2, 0.25) is 0 Å². The molecular formula is C11H6F3N3S. The molecule has 0 aliphatic carbocycles. The van der Waals surface area contributed by atoms with E-state index in [1.54, 1.807) is 18.2 Å². The maximum absolute atomic E-state index is 12.5. The normalized spacial score (nSPS) is 11.2. The number of hydrogen-bond acceptors (Lipinski definition) is 2. The molecule has 3 nitrogen and oxygen atoms in total. The highest BCUT2D eigenvalue weighted by molar-refractivity contribution is 7.71. The van der Waals surface area contributed by atoms with Gasteiger partial charge in [-0.1, -0.05) is 18.3 Å². The van der Waals surface area contributed by atoms with Crippen molar-refractivity contribution in [3.8, 4) is 11.8 Å². The second kappa shape index (κ2) is 4.31. The van der Waals surface area contributed by atoms with Gasteiger partial charge in [0.05, 0.1) is 17.3 Å². The predicted octanol–water partition coefficient (Wildman–Crippen LogP) is 3.43. The minimum Gasteiger partial charge on any atom is -0.288 e. The molecule has 2 rings (SSSR count). The summed E-state index contributed by atoms with van der Waals surface area (Å²) in [7, 11) is 0. The van der Waals surface area contributed by atoms with Gasteiger partial charge in [0.15, 0.2) is 0 Å². The minimum atomic E-state index is -4.48. The van der Waals surface area contributed by atoms with Crippen molar-refractivity contribution in [2.24, 2.45) is 0 Å². The van der Waals surface area contributed by atoms with Gasteiger partial charge in [-0.25, -0.2) is 4.68 Å². The zero-order chi connectivity index (χ0) is 13.3. The average Bonchev–Trinajstić information content (AvgIpc) is 2.71. The Kier molecular flexibility index (Phi) is 2.97. The van der Waals surface area contributed by atoms with Crippen LogP contribution < -0.4 is 0 Å². The highest BCUT2D eigenvalue weighted by atomic mass is 32.1. The second-order valence-corrected chi connectivity index (χ2v) is 3.92. The van der Waals surface area contributed by atoms with Gasteiger partial charge >= 0.3 is 6.18 Å². The fourth-order valence-corrected chi connectivity index (χ4v) is 1.72. The smallest absolute Gasteiger partial charge is 0.288 e. The van der Waals surface area contributed by atoms with Crippen molar-refractivity contribution in [3.63, 3.8) is 0 Å². The van der Waals surface area contributed by atoms with Crippen molar-refractivity contribution >= 4 is 12.2 Å². The largest absolute Gasteiger partial charge is 0.432 e. The Balaban J connectivity index is 2.55. The zero-order valence-electron chi connectivity index (χ0n) is 8.82. The summed E-state index contributed by atoms with van der Waals surface area (Å²) in [6.45, 7) is 0. The van der Waals surface area contributed by atoms with E-state index in [1.165, 1.54) is 6.07 Å². The van der Waals surface area contributed by atoms with Crippen molar-refractivity contribution in [1.29, 1.82) is 5.26 Å². The molecule has 0 unspecified atom stereocenters. The molecule has 0 radical (unpaired) electrons. The lowest BCUT2D eigenvalue weighted by atomic mass is 10.2. The van der Waals surface area contributed by atoms with E-state index in [-0.39, 0.29) is 4.64 Å². The second-order valence-electron chi connectivity index (χ2n) is 3.50. The third-order valence-corrected chi connectivity index (χ3v) is 2.56. The maximum atomic E-state index is 12.5. The van der Waals surface area contributed by atoms with Gasteiger partial charge < -0.3 is 0 Å². The first-order valence-electron chi connectivity index (χ1n) is 4.81. The fraction of sp³-hybridized carbons (Fsp3) is 0.0909. The van der Waals surface area contributed by atoms with Crippen molar-refractivity contribution < 1.29 is 13.2 Å². The summed E-state index contributed by atoms with van der Waals surface area (Å²) in [6.07, 6.45) is -4.48. The van der Waals surface area contributed by atoms with Crippen LogP contribution in [-0.4, -0.2) is 9.78 Å². The molecule has 0 fully saturated rings. The van der Waals surface area contributed by atoms with E-state index in [0.717, 1.165) is 10.7 Å². The Bertz CT molecular complexity index is 676. The molecule has 0 amide bonds. The summed E-state index contributed by atoms with van der Waals surface area (Å²) in [5, 5.41) is 10.9. The Morgan fingerprint density at radius 3 is 2.56 bits per heavy atom. The number of halogens is 3. The molecule has 0 saturated carbocycles. The lowest BCUT2D eigenvalue weighted by Crippen LogP contribution is -2.07. The number of aromatic nitrogens is 2. The van der Waals surface area contributed by atoms with Crippen LogP contribution in [0.2, 0.25) is 0 Å². The Morgan fingerprint density at radius 1 is 1.28 bits per heavy atom. The zero-order valence-corrected chi connectivity index (χ0v) is 9.64. The first-order valence-corrected chi connectivity index (χ1v) is 5.22. The minimum absolute atomic E-state index is 0.00239. The molecule has 0 saturated heterocycles. The van der Waals surface area contributed by atoms with Crippen LogP contribution in [0.5, 0.6) is 0 Å². The lowest BCUT2D eigenvalue weighted by Gasteiger charge is -2.05. The number of nitrogens with zero attached hydrogens (tertiary/aromatic N) is 2. The van der Waals surface area contributed by atoms with E-state index in [9.17, 15) is 13.2 Å². The Labute approximate surface area is 105 Å². The van der Waals surface area contributed by atoms with E-state index in [4.69, 9.17) is 17.5 Å². The Morgan fingerprint density at radius 2 is 2.00 bits per heavy atom. The molecular weight excluding hydrogens is 263 g/mol. The van der Waals surface area contributed by atoms with E-state index in [2.05, 4.69) is 5.10 Å². The van der Waals surface area contributed by atoms with Gasteiger partial charge in [0.25, 0.3) is 0 Å². The standard InChI is InChI=1S/C11H6F3N3S/c12-11(13,14)9-5-10(18)17(16-9)8-3-1-2-7(4-8)6-15/h1-5,16H. The van der Waals surface area contributed by atoms with Gasteiger partial charge in [-0.05, 0) is 18.2 Å². The van der Waals surface area contributed by atoms with Crippen LogP contribution in [0.1, 0.15) is 11.3 Å². The first-order chi connectivity index (χ1) is 8.41. The fourth-order valence-electron chi connectivity index (χ4n) is 1.45. The molecule has 2 aromatic rings. The molecule has 1 aromatic heterocycles. The van der Waals surface area contributed by atoms with Gasteiger partial charge in [-0.15, -0.1) is 0 Å². The highest BCUT2D eigenvalue weighted by Crippen LogP contribution is 2.28. The van der Waals surface area contributed by atoms with Crippen molar-refractivity contribution in [2.45, 2.75) is 6.18 Å². The number of rotatable bonds is 1. The van der Waals surface area contributed by atoms with Crippen molar-refractivity contribution in [3.05, 3.63) is 46.2 Å². The van der Waals surface area contributed by atoms with Gasteiger partial charge in [0, 0.05) is 6.07 Å². The summed E-state index contributed by atoms with van der Waals surface area (Å²) in [6, 6.07) is 8.89. The number of aromatic amines is 1. The van der Waals surface area contributed by atoms with Crippen molar-refractivity contribution in [1.82, 2.24) is 9.78 Å². The molecule has 0 spiro atoms. The van der Waals surface area contributed by atoms with E-state index in [1.807, 2.05) is 6.07 Å². The molecule has 0 atom stereocenters. The molecule has 1 N–H and O–H groups in total. The summed E-state index contributed by atoms with van der Waals surface area (Å²) in [4.78, 5) is 0. The van der Waals surface area contributed by atoms with Gasteiger partial charge in [-0.2, -0.15) is 18.4 Å². The monoisotopic (exact) mass is 269 g/mol. The predicted molar refractivity (Wildman–Crippen MR) is 60.7 cm³/mol. The van der Waals surface area contributed by atoms with Crippen LogP contribution in [0, 0.1) is 16.0 Å². The molecule has 7 heteroatoms.